The maximum atomic E-state index is 5.78. The highest BCUT2D eigenvalue weighted by Crippen LogP contribution is 2.23. The molecule has 1 N–H and O–H groups in total. The number of nitrogens with zero attached hydrogens (tertiary/aromatic N) is 1. The van der Waals surface area contributed by atoms with Crippen molar-refractivity contribution < 1.29 is 4.74 Å². The van der Waals surface area contributed by atoms with Crippen LogP contribution in [0.4, 0.5) is 5.69 Å². The fourth-order valence-electron chi connectivity index (χ4n) is 2.91. The number of anilines is 1. The number of hydrogen-bond acceptors (Lipinski definition) is 3. The molecule has 0 aliphatic carbocycles. The van der Waals surface area contributed by atoms with Crippen LogP contribution in [-0.2, 0) is 4.74 Å². The third-order valence-corrected chi connectivity index (χ3v) is 3.84. The summed E-state index contributed by atoms with van der Waals surface area (Å²) >= 11 is 0. The molecular formula is C16H26N2O. The van der Waals surface area contributed by atoms with Crippen LogP contribution >= 0.6 is 0 Å². The van der Waals surface area contributed by atoms with Gasteiger partial charge in [0.15, 0.2) is 0 Å². The zero-order valence-electron chi connectivity index (χ0n) is 12.5. The predicted octanol–water partition coefficient (Wildman–Crippen LogP) is 2.97. The lowest BCUT2D eigenvalue weighted by atomic mass is 10.0. The van der Waals surface area contributed by atoms with E-state index in [0.717, 1.165) is 19.5 Å². The second-order valence-electron chi connectivity index (χ2n) is 5.50. The zero-order chi connectivity index (χ0) is 13.8. The molecule has 19 heavy (non-hydrogen) atoms. The lowest BCUT2D eigenvalue weighted by Crippen LogP contribution is -2.45. The van der Waals surface area contributed by atoms with Crippen molar-refractivity contribution in [1.29, 1.82) is 0 Å². The predicted molar refractivity (Wildman–Crippen MR) is 80.8 cm³/mol. The minimum absolute atomic E-state index is 0.309. The fourth-order valence-corrected chi connectivity index (χ4v) is 2.91. The van der Waals surface area contributed by atoms with Crippen molar-refractivity contribution >= 4 is 5.69 Å². The SMILES string of the molecule is CCC(NC)c1ccc(N2C[C@@H](C)O[C@@H](C)C2)cc1. The molecule has 1 unspecified atom stereocenters. The molecule has 0 aromatic heterocycles. The van der Waals surface area contributed by atoms with Crippen molar-refractivity contribution in [2.75, 3.05) is 25.0 Å². The Hall–Kier alpha value is -1.06. The van der Waals surface area contributed by atoms with Crippen molar-refractivity contribution in [2.45, 2.75) is 45.4 Å². The van der Waals surface area contributed by atoms with Gasteiger partial charge in [-0.1, -0.05) is 19.1 Å². The van der Waals surface area contributed by atoms with Gasteiger partial charge in [0.25, 0.3) is 0 Å². The summed E-state index contributed by atoms with van der Waals surface area (Å²) < 4.78 is 5.78. The molecule has 0 radical (unpaired) electrons. The maximum absolute atomic E-state index is 5.78. The lowest BCUT2D eigenvalue weighted by molar-refractivity contribution is -0.00521. The molecule has 1 aliphatic rings. The minimum Gasteiger partial charge on any atom is -0.372 e. The van der Waals surface area contributed by atoms with Crippen LogP contribution in [0.5, 0.6) is 0 Å². The number of ether oxygens (including phenoxy) is 1. The Labute approximate surface area is 116 Å². The van der Waals surface area contributed by atoms with E-state index in [1.807, 2.05) is 7.05 Å². The van der Waals surface area contributed by atoms with E-state index in [-0.39, 0.29) is 0 Å². The third kappa shape index (κ3) is 3.48. The van der Waals surface area contributed by atoms with Gasteiger partial charge in [0.2, 0.25) is 0 Å². The number of benzene rings is 1. The van der Waals surface area contributed by atoms with Crippen molar-refractivity contribution in [3.05, 3.63) is 29.8 Å². The first-order chi connectivity index (χ1) is 9.13. The Morgan fingerprint density at radius 1 is 1.21 bits per heavy atom. The van der Waals surface area contributed by atoms with E-state index in [0.29, 0.717) is 18.2 Å². The molecule has 1 aromatic rings. The largest absolute Gasteiger partial charge is 0.372 e. The smallest absolute Gasteiger partial charge is 0.0726 e. The first-order valence-corrected chi connectivity index (χ1v) is 7.31. The molecule has 1 saturated heterocycles. The molecule has 0 bridgehead atoms. The summed E-state index contributed by atoms with van der Waals surface area (Å²) in [6.45, 7) is 8.45. The number of nitrogens with one attached hydrogen (secondary N) is 1. The highest BCUT2D eigenvalue weighted by molar-refractivity contribution is 5.48. The number of hydrogen-bond donors (Lipinski definition) is 1. The van der Waals surface area contributed by atoms with Gasteiger partial charge in [0.1, 0.15) is 0 Å². The van der Waals surface area contributed by atoms with Gasteiger partial charge in [0.05, 0.1) is 12.2 Å². The standard InChI is InChI=1S/C16H26N2O/c1-5-16(17-4)14-6-8-15(9-7-14)18-10-12(2)19-13(3)11-18/h6-9,12-13,16-17H,5,10-11H2,1-4H3/t12-,13+,16?. The van der Waals surface area contributed by atoms with E-state index in [2.05, 4.69) is 55.3 Å². The Kier molecular flexibility index (Phi) is 4.83. The Balaban J connectivity index is 2.09. The Morgan fingerprint density at radius 3 is 2.26 bits per heavy atom. The van der Waals surface area contributed by atoms with Gasteiger partial charge < -0.3 is 15.0 Å². The summed E-state index contributed by atoms with van der Waals surface area (Å²) in [7, 11) is 2.02. The first-order valence-electron chi connectivity index (χ1n) is 7.31. The van der Waals surface area contributed by atoms with Crippen LogP contribution in [0, 0.1) is 0 Å². The summed E-state index contributed by atoms with van der Waals surface area (Å²) in [6.07, 6.45) is 1.73. The highest BCUT2D eigenvalue weighted by atomic mass is 16.5. The number of rotatable bonds is 4. The van der Waals surface area contributed by atoms with Gasteiger partial charge in [-0.05, 0) is 45.0 Å². The van der Waals surface area contributed by atoms with Crippen LogP contribution in [0.1, 0.15) is 38.8 Å². The van der Waals surface area contributed by atoms with E-state index in [1.165, 1.54) is 11.3 Å². The van der Waals surface area contributed by atoms with Gasteiger partial charge in [-0.3, -0.25) is 0 Å². The van der Waals surface area contributed by atoms with E-state index >= 15 is 0 Å². The van der Waals surface area contributed by atoms with Crippen LogP contribution in [0.2, 0.25) is 0 Å². The molecule has 106 valence electrons. The second kappa shape index (κ2) is 6.40. The summed E-state index contributed by atoms with van der Waals surface area (Å²) in [5.74, 6) is 0. The summed E-state index contributed by atoms with van der Waals surface area (Å²) in [5, 5.41) is 3.35. The van der Waals surface area contributed by atoms with Crippen molar-refractivity contribution in [3.63, 3.8) is 0 Å². The molecule has 0 amide bonds. The number of morpholine rings is 1. The second-order valence-corrected chi connectivity index (χ2v) is 5.50. The van der Waals surface area contributed by atoms with Crippen LogP contribution < -0.4 is 10.2 Å². The van der Waals surface area contributed by atoms with Gasteiger partial charge in [-0.2, -0.15) is 0 Å². The molecule has 0 saturated carbocycles. The maximum Gasteiger partial charge on any atom is 0.0726 e. The fraction of sp³-hybridized carbons (Fsp3) is 0.625. The lowest BCUT2D eigenvalue weighted by Gasteiger charge is -2.37. The molecule has 3 heteroatoms. The minimum atomic E-state index is 0.309. The molecule has 1 fully saturated rings. The molecule has 2 rings (SSSR count). The topological polar surface area (TPSA) is 24.5 Å². The van der Waals surface area contributed by atoms with Gasteiger partial charge in [0, 0.05) is 24.8 Å². The summed E-state index contributed by atoms with van der Waals surface area (Å²) in [6, 6.07) is 9.41. The van der Waals surface area contributed by atoms with Crippen LogP contribution in [-0.4, -0.2) is 32.3 Å². The van der Waals surface area contributed by atoms with Gasteiger partial charge in [-0.25, -0.2) is 0 Å². The molecule has 1 aliphatic heterocycles. The van der Waals surface area contributed by atoms with E-state index in [9.17, 15) is 0 Å². The Bertz CT molecular complexity index is 376. The monoisotopic (exact) mass is 262 g/mol. The van der Waals surface area contributed by atoms with E-state index in [1.54, 1.807) is 0 Å². The van der Waals surface area contributed by atoms with Crippen molar-refractivity contribution in [1.82, 2.24) is 5.32 Å². The third-order valence-electron chi connectivity index (χ3n) is 3.84. The van der Waals surface area contributed by atoms with Crippen LogP contribution in [0.25, 0.3) is 0 Å². The first kappa shape index (κ1) is 14.4. The molecule has 0 spiro atoms. The molecule has 1 heterocycles. The van der Waals surface area contributed by atoms with Gasteiger partial charge >= 0.3 is 0 Å². The highest BCUT2D eigenvalue weighted by Gasteiger charge is 2.22. The molecule has 3 atom stereocenters. The molecule has 3 nitrogen and oxygen atoms in total. The van der Waals surface area contributed by atoms with Crippen molar-refractivity contribution in [2.24, 2.45) is 0 Å². The summed E-state index contributed by atoms with van der Waals surface area (Å²) in [4.78, 5) is 2.42. The molecule has 1 aromatic carbocycles. The van der Waals surface area contributed by atoms with E-state index < -0.39 is 0 Å². The van der Waals surface area contributed by atoms with Gasteiger partial charge in [-0.15, -0.1) is 0 Å². The average molecular weight is 262 g/mol. The zero-order valence-corrected chi connectivity index (χ0v) is 12.5. The quantitative estimate of drug-likeness (QED) is 0.903. The van der Waals surface area contributed by atoms with Crippen LogP contribution in [0.3, 0.4) is 0 Å². The van der Waals surface area contributed by atoms with Crippen molar-refractivity contribution in [3.8, 4) is 0 Å². The normalized spacial score (nSPS) is 25.4. The molecular weight excluding hydrogens is 236 g/mol. The summed E-state index contributed by atoms with van der Waals surface area (Å²) in [5.41, 5.74) is 2.67. The van der Waals surface area contributed by atoms with E-state index in [4.69, 9.17) is 4.74 Å². The van der Waals surface area contributed by atoms with Crippen LogP contribution in [0.15, 0.2) is 24.3 Å². The Morgan fingerprint density at radius 2 is 1.79 bits per heavy atom. The average Bonchev–Trinajstić information content (AvgIpc) is 2.40.